The molecule has 260 valence electrons. The van der Waals surface area contributed by atoms with Gasteiger partial charge >= 0.3 is 0 Å². The molecule has 0 amide bonds. The van der Waals surface area contributed by atoms with Gasteiger partial charge in [0.05, 0.1) is 0 Å². The van der Waals surface area contributed by atoms with Gasteiger partial charge in [-0.3, -0.25) is 0 Å². The Hall–Kier alpha value is -5.14. The molecule has 3 aromatic carbocycles. The maximum absolute atomic E-state index is 7.10. The van der Waals surface area contributed by atoms with Crippen LogP contribution in [-0.4, -0.2) is 0 Å². The predicted octanol–water partition coefficient (Wildman–Crippen LogP) is 13.4. The van der Waals surface area contributed by atoms with Crippen molar-refractivity contribution in [2.45, 2.75) is 49.9 Å². The van der Waals surface area contributed by atoms with Gasteiger partial charge in [0.1, 0.15) is 11.3 Å². The molecule has 0 saturated heterocycles. The maximum atomic E-state index is 7.10. The minimum absolute atomic E-state index is 0.400. The molecule has 7 aliphatic carbocycles. The van der Waals surface area contributed by atoms with Crippen molar-refractivity contribution in [1.82, 2.24) is 0 Å². The van der Waals surface area contributed by atoms with Crippen LogP contribution in [0.2, 0.25) is 0 Å². The number of hydrogen-bond donors (Lipinski definition) is 0. The number of benzene rings is 3. The molecule has 9 unspecified atom stereocenters. The summed E-state index contributed by atoms with van der Waals surface area (Å²) in [5.41, 5.74) is 12.6. The molecule has 1 nitrogen and oxygen atoms in total. The van der Waals surface area contributed by atoms with Gasteiger partial charge in [-0.2, -0.15) is 0 Å². The van der Waals surface area contributed by atoms with Crippen molar-refractivity contribution >= 4 is 17.0 Å². The first-order valence-corrected chi connectivity index (χ1v) is 20.2. The third kappa shape index (κ3) is 5.26. The summed E-state index contributed by atoms with van der Waals surface area (Å²) in [6, 6.07) is 27.2. The lowest BCUT2D eigenvalue weighted by Crippen LogP contribution is -2.27. The molecular weight excluding hydrogens is 641 g/mol. The van der Waals surface area contributed by atoms with E-state index in [-0.39, 0.29) is 0 Å². The SMILES string of the molecule is C1=CC2C=CC3=C(C=CC4C=C(C5CC(c6ccccc6)CC(c6ccc(-c7ccccc7)c7c8c(oc67)C=CC6C=CCCC86)C5)C=CC34)C2C=C1. The molecule has 0 aliphatic heterocycles. The van der Waals surface area contributed by atoms with E-state index in [0.717, 1.165) is 30.6 Å². The van der Waals surface area contributed by atoms with Crippen molar-refractivity contribution in [2.24, 2.45) is 35.5 Å². The second kappa shape index (κ2) is 12.8. The van der Waals surface area contributed by atoms with E-state index in [1.165, 1.54) is 62.8 Å². The first-order valence-electron chi connectivity index (χ1n) is 20.2. The fourth-order valence-electron chi connectivity index (χ4n) is 11.2. The number of hydrogen-bond acceptors (Lipinski definition) is 1. The first kappa shape index (κ1) is 31.4. The van der Waals surface area contributed by atoms with Crippen LogP contribution in [0.1, 0.15) is 72.3 Å². The lowest BCUT2D eigenvalue weighted by atomic mass is 9.64. The van der Waals surface area contributed by atoms with Crippen molar-refractivity contribution in [3.63, 3.8) is 0 Å². The second-order valence-electron chi connectivity index (χ2n) is 16.5. The monoisotopic (exact) mass is 686 g/mol. The summed E-state index contributed by atoms with van der Waals surface area (Å²) in [7, 11) is 0. The van der Waals surface area contributed by atoms with E-state index >= 15 is 0 Å². The van der Waals surface area contributed by atoms with Gasteiger partial charge in [-0.05, 0) is 101 Å². The minimum Gasteiger partial charge on any atom is -0.456 e. The molecule has 4 aromatic rings. The third-order valence-electron chi connectivity index (χ3n) is 13.7. The maximum Gasteiger partial charge on any atom is 0.139 e. The van der Waals surface area contributed by atoms with Crippen LogP contribution >= 0.6 is 0 Å². The molecule has 53 heavy (non-hydrogen) atoms. The highest BCUT2D eigenvalue weighted by Gasteiger charge is 2.39. The average molecular weight is 687 g/mol. The molecule has 1 fully saturated rings. The summed E-state index contributed by atoms with van der Waals surface area (Å²) in [5.74, 6) is 5.16. The van der Waals surface area contributed by atoms with Gasteiger partial charge in [0, 0.05) is 40.5 Å². The fourth-order valence-corrected chi connectivity index (χ4v) is 11.2. The van der Waals surface area contributed by atoms with Crippen molar-refractivity contribution in [1.29, 1.82) is 0 Å². The number of furan rings is 1. The van der Waals surface area contributed by atoms with Crippen LogP contribution in [0.4, 0.5) is 0 Å². The van der Waals surface area contributed by atoms with Gasteiger partial charge in [-0.25, -0.2) is 0 Å². The van der Waals surface area contributed by atoms with E-state index in [0.29, 0.717) is 53.3 Å². The highest BCUT2D eigenvalue weighted by Crippen LogP contribution is 2.54. The molecule has 1 saturated carbocycles. The van der Waals surface area contributed by atoms with Crippen molar-refractivity contribution < 1.29 is 4.42 Å². The summed E-state index contributed by atoms with van der Waals surface area (Å²) in [6.45, 7) is 0. The molecule has 7 aliphatic rings. The Labute approximate surface area is 313 Å². The van der Waals surface area contributed by atoms with Crippen LogP contribution < -0.4 is 0 Å². The van der Waals surface area contributed by atoms with E-state index in [1.807, 2.05) is 0 Å². The van der Waals surface area contributed by atoms with E-state index in [9.17, 15) is 0 Å². The second-order valence-corrected chi connectivity index (χ2v) is 16.5. The molecule has 1 heterocycles. The predicted molar refractivity (Wildman–Crippen MR) is 219 cm³/mol. The largest absolute Gasteiger partial charge is 0.456 e. The van der Waals surface area contributed by atoms with Gasteiger partial charge in [0.2, 0.25) is 0 Å². The molecule has 1 heteroatoms. The number of fused-ring (bicyclic) bond motifs is 9. The Morgan fingerprint density at radius 1 is 0.566 bits per heavy atom. The molecule has 0 spiro atoms. The molecular formula is C52H46O. The fraction of sp³-hybridized carbons (Fsp3) is 0.269. The van der Waals surface area contributed by atoms with Crippen LogP contribution in [0.15, 0.2) is 179 Å². The van der Waals surface area contributed by atoms with Gasteiger partial charge in [-0.1, -0.05) is 158 Å². The quantitative estimate of drug-likeness (QED) is 0.195. The molecule has 11 rings (SSSR count). The Balaban J connectivity index is 0.987. The lowest BCUT2D eigenvalue weighted by Gasteiger charge is -2.40. The topological polar surface area (TPSA) is 13.1 Å². The van der Waals surface area contributed by atoms with Crippen LogP contribution in [-0.2, 0) is 0 Å². The van der Waals surface area contributed by atoms with E-state index in [4.69, 9.17) is 4.42 Å². The summed E-state index contributed by atoms with van der Waals surface area (Å²) >= 11 is 0. The highest BCUT2D eigenvalue weighted by molar-refractivity contribution is 6.01. The molecule has 1 aromatic heterocycles. The van der Waals surface area contributed by atoms with Crippen LogP contribution in [0.3, 0.4) is 0 Å². The van der Waals surface area contributed by atoms with Crippen molar-refractivity contribution in [3.05, 3.63) is 197 Å². The average Bonchev–Trinajstić information content (AvgIpc) is 3.64. The Morgan fingerprint density at radius 3 is 2.17 bits per heavy atom. The summed E-state index contributed by atoms with van der Waals surface area (Å²) in [4.78, 5) is 0. The van der Waals surface area contributed by atoms with Crippen LogP contribution in [0.5, 0.6) is 0 Å². The minimum atomic E-state index is 0.400. The van der Waals surface area contributed by atoms with Gasteiger partial charge in [-0.15, -0.1) is 0 Å². The smallest absolute Gasteiger partial charge is 0.139 e. The van der Waals surface area contributed by atoms with E-state index in [1.54, 1.807) is 0 Å². The zero-order valence-electron chi connectivity index (χ0n) is 30.2. The Bertz CT molecular complexity index is 2360. The number of rotatable bonds is 4. The molecule has 0 N–H and O–H groups in total. The van der Waals surface area contributed by atoms with Gasteiger partial charge < -0.3 is 4.42 Å². The number of allylic oxidation sites excluding steroid dienone is 17. The standard InChI is InChI=1S/C52H46O/c1-3-11-33(12-4-1)39-30-40(37-20-23-43-38(29-37)21-25-47-42-17-9-7-15-35(42)19-24-48(43)47)32-41(31-39)46-27-26-45(34-13-5-2-6-14-34)51-50-44-18-10-8-16-36(44)22-28-49(50)53-52(46)51/h1-9,11-17,19-29,35-36,38-44H,10,18,30-32H2. The third-order valence-corrected chi connectivity index (χ3v) is 13.7. The summed E-state index contributed by atoms with van der Waals surface area (Å²) in [5, 5.41) is 1.36. The van der Waals surface area contributed by atoms with Gasteiger partial charge in [0.15, 0.2) is 0 Å². The van der Waals surface area contributed by atoms with E-state index in [2.05, 4.69) is 164 Å². The Morgan fingerprint density at radius 2 is 1.30 bits per heavy atom. The molecule has 9 atom stereocenters. The summed E-state index contributed by atoms with van der Waals surface area (Å²) in [6.07, 6.45) is 41.9. The zero-order valence-corrected chi connectivity index (χ0v) is 30.2. The van der Waals surface area contributed by atoms with E-state index < -0.39 is 0 Å². The van der Waals surface area contributed by atoms with Crippen molar-refractivity contribution in [2.75, 3.05) is 0 Å². The molecule has 0 radical (unpaired) electrons. The first-order chi connectivity index (χ1) is 26.3. The van der Waals surface area contributed by atoms with Crippen LogP contribution in [0.25, 0.3) is 28.2 Å². The normalized spacial score (nSPS) is 31.8. The van der Waals surface area contributed by atoms with Gasteiger partial charge in [0.25, 0.3) is 0 Å². The van der Waals surface area contributed by atoms with Crippen LogP contribution in [0, 0.1) is 35.5 Å². The zero-order chi connectivity index (χ0) is 34.9. The summed E-state index contributed by atoms with van der Waals surface area (Å²) < 4.78 is 7.10. The highest BCUT2D eigenvalue weighted by atomic mass is 16.3. The molecule has 0 bridgehead atoms. The lowest BCUT2D eigenvalue weighted by molar-refractivity contribution is 0.321. The Kier molecular flexibility index (Phi) is 7.56. The van der Waals surface area contributed by atoms with Crippen molar-refractivity contribution in [3.8, 4) is 11.1 Å².